The summed E-state index contributed by atoms with van der Waals surface area (Å²) >= 11 is 0. The fourth-order valence-electron chi connectivity index (χ4n) is 14.1. The molecule has 0 N–H and O–H groups in total. The van der Waals surface area contributed by atoms with Crippen LogP contribution in [0.4, 0.5) is 0 Å². The molecule has 0 radical (unpaired) electrons. The van der Waals surface area contributed by atoms with E-state index in [4.69, 9.17) is 15.0 Å². The van der Waals surface area contributed by atoms with Gasteiger partial charge < -0.3 is 18.3 Å². The first kappa shape index (κ1) is 50.4. The number of pyridine rings is 1. The van der Waals surface area contributed by atoms with Crippen molar-refractivity contribution in [2.75, 3.05) is 0 Å². The van der Waals surface area contributed by atoms with E-state index >= 15 is 0 Å². The maximum Gasteiger partial charge on any atom is 0.164 e. The van der Waals surface area contributed by atoms with Crippen molar-refractivity contribution in [1.29, 1.82) is 0 Å². The van der Waals surface area contributed by atoms with Crippen molar-refractivity contribution in [3.8, 4) is 67.9 Å². The second-order valence-electron chi connectivity index (χ2n) is 23.5. The molecule has 87 heavy (non-hydrogen) atoms. The van der Waals surface area contributed by atoms with Crippen LogP contribution in [0.15, 0.2) is 255 Å². The van der Waals surface area contributed by atoms with Gasteiger partial charge in [0.1, 0.15) is 0 Å². The predicted octanol–water partition coefficient (Wildman–Crippen LogP) is 20.5. The summed E-state index contributed by atoms with van der Waals surface area (Å²) < 4.78 is 10.2. The average molecular weight is 1120 g/mol. The number of hydrogen-bond acceptors (Lipinski definition) is 3. The molecule has 0 unspecified atom stereocenters. The molecule has 0 saturated carbocycles. The molecule has 17 rings (SSSR count). The summed E-state index contributed by atoms with van der Waals surface area (Å²) in [6.07, 6.45) is 0. The number of aryl methyl sites for hydroxylation is 5. The molecule has 0 bridgehead atoms. The van der Waals surface area contributed by atoms with Crippen LogP contribution in [0.25, 0.3) is 155 Å². The molecule has 7 heteroatoms. The van der Waals surface area contributed by atoms with E-state index < -0.39 is 0 Å². The van der Waals surface area contributed by atoms with Crippen molar-refractivity contribution in [3.63, 3.8) is 0 Å². The fourth-order valence-corrected chi connectivity index (χ4v) is 14.1. The van der Waals surface area contributed by atoms with Gasteiger partial charge >= 0.3 is 0 Å². The lowest BCUT2D eigenvalue weighted by Crippen LogP contribution is -2.17. The molecular formula is C80H57N7. The molecule has 0 spiro atoms. The first-order valence-electron chi connectivity index (χ1n) is 29.9. The van der Waals surface area contributed by atoms with Crippen molar-refractivity contribution in [2.45, 2.75) is 34.6 Å². The molecule has 6 heterocycles. The maximum absolute atomic E-state index is 6.03. The third-order valence-electron chi connectivity index (χ3n) is 17.8. The van der Waals surface area contributed by atoms with Crippen molar-refractivity contribution in [2.24, 2.45) is 0 Å². The highest BCUT2D eigenvalue weighted by atomic mass is 15.1. The Hall–Kier alpha value is -11.2. The van der Waals surface area contributed by atoms with E-state index in [0.717, 1.165) is 155 Å². The minimum atomic E-state index is 0.562. The van der Waals surface area contributed by atoms with Crippen molar-refractivity contribution >= 4 is 87.2 Å². The molecule has 7 nitrogen and oxygen atoms in total. The Morgan fingerprint density at radius 1 is 0.230 bits per heavy atom. The summed E-state index contributed by atoms with van der Waals surface area (Å²) in [6, 6.07) is 93.4. The molecule has 17 aromatic rings. The van der Waals surface area contributed by atoms with Crippen LogP contribution in [0, 0.1) is 34.6 Å². The number of rotatable bonds is 8. The average Bonchev–Trinajstić information content (AvgIpc) is 1.64. The van der Waals surface area contributed by atoms with Crippen LogP contribution in [-0.2, 0) is 0 Å². The molecule has 412 valence electrons. The predicted molar refractivity (Wildman–Crippen MR) is 363 cm³/mol. The maximum atomic E-state index is 6.03. The Kier molecular flexibility index (Phi) is 11.3. The smallest absolute Gasteiger partial charge is 0.164 e. The molecule has 11 aromatic carbocycles. The van der Waals surface area contributed by atoms with Gasteiger partial charge in [-0.05, 0) is 126 Å². The number of hydrogen-bond donors (Lipinski definition) is 0. The number of benzene rings is 11. The monoisotopic (exact) mass is 1120 g/mol. The Balaban J connectivity index is 1.27. The number of nitrogens with zero attached hydrogens (tertiary/aromatic N) is 7. The summed E-state index contributed by atoms with van der Waals surface area (Å²) in [5.41, 5.74) is 23.9. The largest absolute Gasteiger partial charge is 0.308 e. The van der Waals surface area contributed by atoms with Gasteiger partial charge in [-0.1, -0.05) is 186 Å². The van der Waals surface area contributed by atoms with Crippen molar-refractivity contribution in [1.82, 2.24) is 33.2 Å². The zero-order valence-corrected chi connectivity index (χ0v) is 48.9. The van der Waals surface area contributed by atoms with E-state index in [0.29, 0.717) is 5.82 Å². The van der Waals surface area contributed by atoms with Gasteiger partial charge in [-0.15, -0.1) is 0 Å². The number of fused-ring (bicyclic) bond motifs is 12. The van der Waals surface area contributed by atoms with Crippen LogP contribution < -0.4 is 0 Å². The number of para-hydroxylation sites is 4. The lowest BCUT2D eigenvalue weighted by atomic mass is 9.94. The van der Waals surface area contributed by atoms with Gasteiger partial charge in [0.25, 0.3) is 0 Å². The summed E-state index contributed by atoms with van der Waals surface area (Å²) in [6.45, 7) is 10.9. The van der Waals surface area contributed by atoms with Crippen LogP contribution in [0.3, 0.4) is 0 Å². The number of aromatic nitrogens is 7. The lowest BCUT2D eigenvalue weighted by Gasteiger charge is -2.30. The molecule has 0 aliphatic rings. The van der Waals surface area contributed by atoms with Crippen LogP contribution in [0.1, 0.15) is 27.9 Å². The standard InChI is InChI=1S/C80H57N7/c1-48-35-39-70-59(43-48)55-26-12-16-31-66(55)84(70)76-74(63-30-20-21-52(5)81-63)77(85-67-32-17-13-27-56(67)60-44-49(2)36-40-71(60)85)79(87-69-34-19-15-29-58(69)62-46-51(4)38-42-73(62)87)78(86-68-33-18-14-28-57(68)61-45-50(3)37-41-72(61)86)75(76)80-82-64(53-22-8-6-9-23-53)47-65(83-80)54-24-10-7-11-25-54/h6-47H,1-5H3. The van der Waals surface area contributed by atoms with E-state index in [1.165, 1.54) is 22.3 Å². The Morgan fingerprint density at radius 3 is 0.954 bits per heavy atom. The van der Waals surface area contributed by atoms with Crippen LogP contribution in [0.5, 0.6) is 0 Å². The summed E-state index contributed by atoms with van der Waals surface area (Å²) in [5, 5.41) is 9.20. The van der Waals surface area contributed by atoms with Crippen molar-refractivity contribution in [3.05, 3.63) is 283 Å². The van der Waals surface area contributed by atoms with Gasteiger partial charge in [0, 0.05) is 59.9 Å². The van der Waals surface area contributed by atoms with Crippen LogP contribution >= 0.6 is 0 Å². The van der Waals surface area contributed by atoms with Crippen LogP contribution in [-0.4, -0.2) is 33.2 Å². The quantitative estimate of drug-likeness (QED) is 0.152. The van der Waals surface area contributed by atoms with Gasteiger partial charge in [0.15, 0.2) is 5.82 Å². The Bertz CT molecular complexity index is 5640. The molecule has 0 saturated heterocycles. The van der Waals surface area contributed by atoms with E-state index in [1.54, 1.807) is 0 Å². The van der Waals surface area contributed by atoms with Gasteiger partial charge in [-0.25, -0.2) is 9.97 Å². The highest BCUT2D eigenvalue weighted by Crippen LogP contribution is 2.54. The third-order valence-corrected chi connectivity index (χ3v) is 17.8. The van der Waals surface area contributed by atoms with E-state index in [1.807, 2.05) is 0 Å². The minimum absolute atomic E-state index is 0.562. The highest BCUT2D eigenvalue weighted by molar-refractivity contribution is 6.18. The topological polar surface area (TPSA) is 58.4 Å². The normalized spacial score (nSPS) is 12.0. The van der Waals surface area contributed by atoms with E-state index in [9.17, 15) is 0 Å². The molecular weight excluding hydrogens is 1060 g/mol. The van der Waals surface area contributed by atoms with E-state index in [-0.39, 0.29) is 0 Å². The third kappa shape index (κ3) is 7.72. The lowest BCUT2D eigenvalue weighted by molar-refractivity contribution is 1.03. The molecule has 0 fully saturated rings. The molecule has 0 atom stereocenters. The van der Waals surface area contributed by atoms with E-state index in [2.05, 4.69) is 308 Å². The van der Waals surface area contributed by atoms with Gasteiger partial charge in [-0.3, -0.25) is 4.98 Å². The molecule has 0 aliphatic carbocycles. The zero-order valence-electron chi connectivity index (χ0n) is 48.9. The molecule has 6 aromatic heterocycles. The Labute approximate surface area is 503 Å². The summed E-state index contributed by atoms with van der Waals surface area (Å²) in [7, 11) is 0. The first-order valence-corrected chi connectivity index (χ1v) is 29.9. The van der Waals surface area contributed by atoms with Crippen LogP contribution in [0.2, 0.25) is 0 Å². The summed E-state index contributed by atoms with van der Waals surface area (Å²) in [5.74, 6) is 0.562. The molecule has 0 aliphatic heterocycles. The second-order valence-corrected chi connectivity index (χ2v) is 23.5. The SMILES string of the molecule is Cc1ccc2c(c1)c1ccccc1n2-c1c(-c2cccc(C)n2)c(-n2c3ccccc3c3cc(C)ccc32)c(-n2c3ccccc3c3cc(C)ccc32)c(-n2c3ccccc3c3cc(C)ccc32)c1-c1nc(-c2ccccc2)cc(-c2ccccc2)n1. The van der Waals surface area contributed by atoms with Gasteiger partial charge in [0.05, 0.1) is 95.1 Å². The van der Waals surface area contributed by atoms with Gasteiger partial charge in [0.2, 0.25) is 0 Å². The highest BCUT2D eigenvalue weighted by Gasteiger charge is 2.37. The zero-order chi connectivity index (χ0) is 58.2. The fraction of sp³-hybridized carbons (Fsp3) is 0.0625. The second kappa shape index (κ2) is 19.5. The van der Waals surface area contributed by atoms with Gasteiger partial charge in [-0.2, -0.15) is 0 Å². The first-order chi connectivity index (χ1) is 42.7. The molecule has 0 amide bonds. The minimum Gasteiger partial charge on any atom is -0.308 e. The summed E-state index contributed by atoms with van der Waals surface area (Å²) in [4.78, 5) is 17.8. The Morgan fingerprint density at radius 2 is 0.563 bits per heavy atom. The van der Waals surface area contributed by atoms with Crippen molar-refractivity contribution < 1.29 is 0 Å².